The molecule has 0 radical (unpaired) electrons. The van der Waals surface area contributed by atoms with Crippen LogP contribution < -0.4 is 0 Å². The first-order chi connectivity index (χ1) is 13.2. The average Bonchev–Trinajstić information content (AvgIpc) is 2.61. The van der Waals surface area contributed by atoms with Crippen molar-refractivity contribution in [3.05, 3.63) is 36.0 Å². The van der Waals surface area contributed by atoms with Gasteiger partial charge in [0, 0.05) is 0 Å². The molecule has 2 atom stereocenters. The first-order valence-corrected chi connectivity index (χ1v) is 10.5. The lowest BCUT2D eigenvalue weighted by atomic mass is 9.97. The predicted octanol–water partition coefficient (Wildman–Crippen LogP) is 6.32. The molecule has 0 aromatic rings. The Balaban J connectivity index is 4.86. The normalized spacial score (nSPS) is 14.6. The van der Waals surface area contributed by atoms with Gasteiger partial charge in [-0.15, -0.1) is 0 Å². The van der Waals surface area contributed by atoms with Gasteiger partial charge in [-0.05, 0) is 72.8 Å². The van der Waals surface area contributed by atoms with Crippen LogP contribution in [0.3, 0.4) is 0 Å². The minimum Gasteiger partial charge on any atom is -0.465 e. The number of carbonyl (C=O) groups is 2. The van der Waals surface area contributed by atoms with Crippen molar-refractivity contribution in [2.75, 3.05) is 6.61 Å². The standard InChI is InChI=1S/C24H40O4/c1-8-11-17-21(22(25)27-10-3)23(26)28-24(7,9-2)18-13-16-20(6)15-12-14-19(4)5/h9,14,16,21H,2,8,10-13,15,17-18H2,1,3-7H3. The van der Waals surface area contributed by atoms with Gasteiger partial charge < -0.3 is 9.47 Å². The van der Waals surface area contributed by atoms with Gasteiger partial charge in [0.15, 0.2) is 5.92 Å². The van der Waals surface area contributed by atoms with Gasteiger partial charge in [-0.25, -0.2) is 0 Å². The van der Waals surface area contributed by atoms with Crippen molar-refractivity contribution in [1.29, 1.82) is 0 Å². The van der Waals surface area contributed by atoms with E-state index >= 15 is 0 Å². The summed E-state index contributed by atoms with van der Waals surface area (Å²) in [4.78, 5) is 24.8. The molecule has 0 aliphatic carbocycles. The first-order valence-electron chi connectivity index (χ1n) is 10.5. The fraction of sp³-hybridized carbons (Fsp3) is 0.667. The van der Waals surface area contributed by atoms with E-state index in [0.717, 1.165) is 32.1 Å². The third-order valence-corrected chi connectivity index (χ3v) is 4.69. The maximum absolute atomic E-state index is 12.6. The summed E-state index contributed by atoms with van der Waals surface area (Å²) in [7, 11) is 0. The highest BCUT2D eigenvalue weighted by atomic mass is 16.6. The van der Waals surface area contributed by atoms with E-state index in [0.29, 0.717) is 12.8 Å². The van der Waals surface area contributed by atoms with Gasteiger partial charge in [0.05, 0.1) is 6.61 Å². The monoisotopic (exact) mass is 392 g/mol. The molecule has 28 heavy (non-hydrogen) atoms. The highest BCUT2D eigenvalue weighted by Crippen LogP contribution is 2.24. The zero-order valence-electron chi connectivity index (χ0n) is 18.8. The number of carbonyl (C=O) groups excluding carboxylic acids is 2. The van der Waals surface area contributed by atoms with Crippen LogP contribution in [0, 0.1) is 5.92 Å². The van der Waals surface area contributed by atoms with Crippen molar-refractivity contribution in [3.8, 4) is 0 Å². The van der Waals surface area contributed by atoms with Crippen molar-refractivity contribution < 1.29 is 19.1 Å². The van der Waals surface area contributed by atoms with E-state index in [9.17, 15) is 9.59 Å². The second kappa shape index (κ2) is 14.2. The summed E-state index contributed by atoms with van der Waals surface area (Å²) >= 11 is 0. The quantitative estimate of drug-likeness (QED) is 0.197. The number of allylic oxidation sites excluding steroid dienone is 4. The Morgan fingerprint density at radius 2 is 1.75 bits per heavy atom. The van der Waals surface area contributed by atoms with Gasteiger partial charge >= 0.3 is 11.9 Å². The summed E-state index contributed by atoms with van der Waals surface area (Å²) in [5.41, 5.74) is 1.85. The molecular formula is C24H40O4. The third-order valence-electron chi connectivity index (χ3n) is 4.69. The molecule has 0 saturated heterocycles. The highest BCUT2D eigenvalue weighted by molar-refractivity contribution is 5.95. The zero-order chi connectivity index (χ0) is 21.6. The Hall–Kier alpha value is -1.84. The molecular weight excluding hydrogens is 352 g/mol. The van der Waals surface area contributed by atoms with Crippen LogP contribution in [-0.4, -0.2) is 24.1 Å². The Kier molecular flexibility index (Phi) is 13.3. The summed E-state index contributed by atoms with van der Waals surface area (Å²) in [5.74, 6) is -1.87. The lowest BCUT2D eigenvalue weighted by Crippen LogP contribution is -2.36. The molecule has 160 valence electrons. The summed E-state index contributed by atoms with van der Waals surface area (Å²) in [6.45, 7) is 16.0. The molecule has 0 aliphatic rings. The Morgan fingerprint density at radius 1 is 1.07 bits per heavy atom. The van der Waals surface area contributed by atoms with Crippen LogP contribution in [0.5, 0.6) is 0 Å². The molecule has 2 unspecified atom stereocenters. The van der Waals surface area contributed by atoms with Crippen LogP contribution in [0.25, 0.3) is 0 Å². The first kappa shape index (κ1) is 26.2. The van der Waals surface area contributed by atoms with Crippen LogP contribution in [0.4, 0.5) is 0 Å². The lowest BCUT2D eigenvalue weighted by molar-refractivity contribution is -0.169. The third kappa shape index (κ3) is 11.1. The summed E-state index contributed by atoms with van der Waals surface area (Å²) < 4.78 is 10.8. The van der Waals surface area contributed by atoms with Crippen LogP contribution in [-0.2, 0) is 19.1 Å². The molecule has 0 amide bonds. The molecule has 0 N–H and O–H groups in total. The van der Waals surface area contributed by atoms with E-state index < -0.39 is 23.5 Å². The number of hydrogen-bond acceptors (Lipinski definition) is 4. The largest absolute Gasteiger partial charge is 0.465 e. The van der Waals surface area contributed by atoms with E-state index in [1.165, 1.54) is 11.1 Å². The summed E-state index contributed by atoms with van der Waals surface area (Å²) in [6.07, 6.45) is 11.7. The van der Waals surface area contributed by atoms with Gasteiger partial charge in [0.2, 0.25) is 0 Å². The van der Waals surface area contributed by atoms with E-state index in [1.807, 2.05) is 13.8 Å². The second-order valence-electron chi connectivity index (χ2n) is 7.79. The summed E-state index contributed by atoms with van der Waals surface area (Å²) in [6, 6.07) is 0. The molecule has 4 nitrogen and oxygen atoms in total. The van der Waals surface area contributed by atoms with Gasteiger partial charge in [0.1, 0.15) is 5.60 Å². The molecule has 4 heteroatoms. The number of ether oxygens (including phenoxy) is 2. The van der Waals surface area contributed by atoms with Crippen molar-refractivity contribution in [3.63, 3.8) is 0 Å². The molecule has 0 fully saturated rings. The van der Waals surface area contributed by atoms with E-state index in [2.05, 4.69) is 39.5 Å². The Morgan fingerprint density at radius 3 is 2.29 bits per heavy atom. The van der Waals surface area contributed by atoms with Crippen LogP contribution in [0.1, 0.15) is 86.5 Å². The van der Waals surface area contributed by atoms with Crippen molar-refractivity contribution in [1.82, 2.24) is 0 Å². The number of rotatable bonds is 14. The Bertz CT molecular complexity index is 555. The molecule has 0 saturated carbocycles. The van der Waals surface area contributed by atoms with E-state index in [1.54, 1.807) is 13.0 Å². The highest BCUT2D eigenvalue weighted by Gasteiger charge is 2.34. The molecule has 0 aromatic carbocycles. The molecule has 0 aliphatic heterocycles. The average molecular weight is 393 g/mol. The van der Waals surface area contributed by atoms with Gasteiger partial charge in [-0.1, -0.05) is 49.6 Å². The van der Waals surface area contributed by atoms with Crippen molar-refractivity contribution >= 4 is 11.9 Å². The van der Waals surface area contributed by atoms with Crippen LogP contribution in [0.2, 0.25) is 0 Å². The minimum atomic E-state index is -0.861. The van der Waals surface area contributed by atoms with Crippen LogP contribution in [0.15, 0.2) is 36.0 Å². The lowest BCUT2D eigenvalue weighted by Gasteiger charge is -2.27. The molecule has 0 rings (SSSR count). The number of hydrogen-bond donors (Lipinski definition) is 0. The molecule has 0 heterocycles. The number of esters is 2. The topological polar surface area (TPSA) is 52.6 Å². The van der Waals surface area contributed by atoms with E-state index in [-0.39, 0.29) is 6.61 Å². The molecule has 0 spiro atoms. The van der Waals surface area contributed by atoms with Crippen LogP contribution >= 0.6 is 0 Å². The Labute approximate surface area is 172 Å². The molecule has 0 bridgehead atoms. The predicted molar refractivity (Wildman–Crippen MR) is 116 cm³/mol. The zero-order valence-corrected chi connectivity index (χ0v) is 18.8. The maximum atomic E-state index is 12.6. The maximum Gasteiger partial charge on any atom is 0.321 e. The smallest absolute Gasteiger partial charge is 0.321 e. The minimum absolute atomic E-state index is 0.254. The van der Waals surface area contributed by atoms with Gasteiger partial charge in [0.25, 0.3) is 0 Å². The van der Waals surface area contributed by atoms with Crippen molar-refractivity contribution in [2.45, 2.75) is 92.1 Å². The fourth-order valence-corrected chi connectivity index (χ4v) is 2.77. The SMILES string of the molecule is C=CC(C)(CCC=C(C)CCC=C(C)C)OC(=O)C(CCCC)C(=O)OCC. The molecule has 0 aromatic heterocycles. The summed E-state index contributed by atoms with van der Waals surface area (Å²) in [5, 5.41) is 0. The van der Waals surface area contributed by atoms with E-state index in [4.69, 9.17) is 9.47 Å². The van der Waals surface area contributed by atoms with Gasteiger partial charge in [-0.3, -0.25) is 9.59 Å². The number of unbranched alkanes of at least 4 members (excludes halogenated alkanes) is 1. The van der Waals surface area contributed by atoms with Crippen molar-refractivity contribution in [2.24, 2.45) is 5.92 Å². The second-order valence-corrected chi connectivity index (χ2v) is 7.79. The van der Waals surface area contributed by atoms with Gasteiger partial charge in [-0.2, -0.15) is 0 Å². The fourth-order valence-electron chi connectivity index (χ4n) is 2.77.